The zero-order valence-electron chi connectivity index (χ0n) is 13.2. The number of hydrogen-bond acceptors (Lipinski definition) is 3. The number of halogens is 2. The van der Waals surface area contributed by atoms with Crippen LogP contribution in [0.5, 0.6) is 5.75 Å². The number of benzene rings is 2. The van der Waals surface area contributed by atoms with E-state index in [-0.39, 0.29) is 6.61 Å². The van der Waals surface area contributed by atoms with Crippen molar-refractivity contribution in [1.82, 2.24) is 10.2 Å². The number of carbonyl (C=O) groups is 1. The van der Waals surface area contributed by atoms with E-state index < -0.39 is 12.7 Å². The van der Waals surface area contributed by atoms with Crippen molar-refractivity contribution >= 4 is 40.0 Å². The monoisotopic (exact) mass is 362 g/mol. The van der Waals surface area contributed by atoms with Gasteiger partial charge in [-0.15, -0.1) is 0 Å². The number of anilines is 2. The molecule has 130 valence electrons. The number of carbonyl (C=O) groups excluding carboxylic acids is 1. The van der Waals surface area contributed by atoms with Gasteiger partial charge in [-0.1, -0.05) is 17.7 Å². The minimum atomic E-state index is -0.445. The van der Waals surface area contributed by atoms with Gasteiger partial charge in [-0.3, -0.25) is 14.8 Å². The van der Waals surface area contributed by atoms with Crippen LogP contribution in [0.3, 0.4) is 0 Å². The van der Waals surface area contributed by atoms with Crippen LogP contribution in [0.25, 0.3) is 10.9 Å². The first kappa shape index (κ1) is 17.0. The first-order valence-electron chi connectivity index (χ1n) is 7.66. The van der Waals surface area contributed by atoms with Crippen molar-refractivity contribution in [2.45, 2.75) is 6.42 Å². The molecule has 0 spiro atoms. The van der Waals surface area contributed by atoms with Crippen LogP contribution in [0.1, 0.15) is 6.42 Å². The predicted molar refractivity (Wildman–Crippen MR) is 96.3 cm³/mol. The van der Waals surface area contributed by atoms with E-state index in [0.717, 1.165) is 5.52 Å². The van der Waals surface area contributed by atoms with Crippen molar-refractivity contribution in [3.8, 4) is 5.75 Å². The lowest BCUT2D eigenvalue weighted by Gasteiger charge is -2.07. The lowest BCUT2D eigenvalue weighted by Crippen LogP contribution is -2.19. The Hall–Kier alpha value is -2.80. The van der Waals surface area contributed by atoms with Crippen LogP contribution in [0.2, 0.25) is 5.02 Å². The fourth-order valence-corrected chi connectivity index (χ4v) is 2.45. The smallest absolute Gasteiger partial charge is 0.324 e. The molecule has 8 heteroatoms. The number of fused-ring (bicyclic) bond motifs is 1. The number of ether oxygens (including phenoxy) is 1. The summed E-state index contributed by atoms with van der Waals surface area (Å²) in [4.78, 5) is 12.1. The van der Waals surface area contributed by atoms with Crippen LogP contribution < -0.4 is 15.4 Å². The number of H-pyrrole nitrogens is 1. The molecule has 0 aliphatic carbocycles. The van der Waals surface area contributed by atoms with Gasteiger partial charge in [0.15, 0.2) is 5.82 Å². The molecule has 0 saturated carbocycles. The maximum atomic E-state index is 12.2. The van der Waals surface area contributed by atoms with Gasteiger partial charge in [-0.25, -0.2) is 4.79 Å². The molecule has 3 rings (SSSR count). The number of rotatable bonds is 6. The second-order valence-corrected chi connectivity index (χ2v) is 5.70. The molecule has 0 radical (unpaired) electrons. The molecule has 0 aliphatic heterocycles. The quantitative estimate of drug-likeness (QED) is 0.561. The molecule has 3 N–H and O–H groups in total. The third kappa shape index (κ3) is 4.39. The highest BCUT2D eigenvalue weighted by molar-refractivity contribution is 6.30. The Morgan fingerprint density at radius 3 is 2.92 bits per heavy atom. The predicted octanol–water partition coefficient (Wildman–Crippen LogP) is 4.60. The minimum Gasteiger partial charge on any atom is -0.493 e. The van der Waals surface area contributed by atoms with E-state index in [1.165, 1.54) is 0 Å². The van der Waals surface area contributed by atoms with E-state index >= 15 is 0 Å². The molecule has 0 fully saturated rings. The Kier molecular flexibility index (Phi) is 5.35. The van der Waals surface area contributed by atoms with E-state index in [1.54, 1.807) is 42.5 Å². The lowest BCUT2D eigenvalue weighted by atomic mass is 10.2. The standard InChI is InChI=1S/C17H16ClFN4O2/c18-11-3-1-4-12(9-11)20-17(24)21-16-14-10-13(25-8-2-7-19)5-6-15(14)22-23-16/h1,3-6,9-10H,2,7-8H2,(H3,20,21,22,23,24). The highest BCUT2D eigenvalue weighted by Crippen LogP contribution is 2.25. The summed E-state index contributed by atoms with van der Waals surface area (Å²) < 4.78 is 17.6. The third-order valence-electron chi connectivity index (χ3n) is 3.40. The fourth-order valence-electron chi connectivity index (χ4n) is 2.26. The molecule has 1 aromatic heterocycles. The third-order valence-corrected chi connectivity index (χ3v) is 3.63. The Balaban J connectivity index is 1.71. The van der Waals surface area contributed by atoms with Gasteiger partial charge >= 0.3 is 6.03 Å². The molecule has 2 amide bonds. The van der Waals surface area contributed by atoms with Crippen LogP contribution in [0, 0.1) is 0 Å². The first-order valence-corrected chi connectivity index (χ1v) is 8.04. The largest absolute Gasteiger partial charge is 0.493 e. The molecule has 0 aliphatic rings. The van der Waals surface area contributed by atoms with Gasteiger partial charge < -0.3 is 10.1 Å². The zero-order valence-corrected chi connectivity index (χ0v) is 13.9. The summed E-state index contributed by atoms with van der Waals surface area (Å²) >= 11 is 5.89. The number of alkyl halides is 1. The highest BCUT2D eigenvalue weighted by atomic mass is 35.5. The van der Waals surface area contributed by atoms with Crippen molar-refractivity contribution in [1.29, 1.82) is 0 Å². The Morgan fingerprint density at radius 2 is 2.12 bits per heavy atom. The Morgan fingerprint density at radius 1 is 1.24 bits per heavy atom. The molecule has 25 heavy (non-hydrogen) atoms. The molecule has 0 bridgehead atoms. The number of urea groups is 1. The number of aromatic amines is 1. The molecule has 3 aromatic rings. The summed E-state index contributed by atoms with van der Waals surface area (Å²) in [5.74, 6) is 0.950. The van der Waals surface area contributed by atoms with E-state index in [2.05, 4.69) is 20.8 Å². The summed E-state index contributed by atoms with van der Waals surface area (Å²) in [6.07, 6.45) is 0.330. The SMILES string of the molecule is O=C(Nc1cccc(Cl)c1)Nc1n[nH]c2ccc(OCCCF)cc12. The van der Waals surface area contributed by atoms with Gasteiger partial charge in [0, 0.05) is 22.5 Å². The number of aromatic nitrogens is 2. The van der Waals surface area contributed by atoms with E-state index in [9.17, 15) is 9.18 Å². The maximum Gasteiger partial charge on any atom is 0.324 e. The van der Waals surface area contributed by atoms with Crippen LogP contribution >= 0.6 is 11.6 Å². The van der Waals surface area contributed by atoms with Crippen molar-refractivity contribution in [2.75, 3.05) is 23.9 Å². The molecular formula is C17H16ClFN4O2. The molecule has 6 nitrogen and oxygen atoms in total. The molecule has 0 unspecified atom stereocenters. The molecule has 1 heterocycles. The number of nitrogens with zero attached hydrogens (tertiary/aromatic N) is 1. The van der Waals surface area contributed by atoms with Gasteiger partial charge in [-0.05, 0) is 36.4 Å². The highest BCUT2D eigenvalue weighted by Gasteiger charge is 2.11. The first-order chi connectivity index (χ1) is 12.2. The number of amides is 2. The molecular weight excluding hydrogens is 347 g/mol. The zero-order chi connectivity index (χ0) is 17.6. The minimum absolute atomic E-state index is 0.290. The van der Waals surface area contributed by atoms with E-state index in [0.29, 0.717) is 34.1 Å². The summed E-state index contributed by atoms with van der Waals surface area (Å²) in [5.41, 5.74) is 1.32. The van der Waals surface area contributed by atoms with Crippen molar-refractivity contribution in [3.05, 3.63) is 47.5 Å². The van der Waals surface area contributed by atoms with Gasteiger partial charge in [0.1, 0.15) is 5.75 Å². The number of hydrogen-bond donors (Lipinski definition) is 3. The second kappa shape index (κ2) is 7.85. The summed E-state index contributed by atoms with van der Waals surface area (Å²) in [7, 11) is 0. The van der Waals surface area contributed by atoms with Crippen LogP contribution in [0.15, 0.2) is 42.5 Å². The lowest BCUT2D eigenvalue weighted by molar-refractivity contribution is 0.262. The van der Waals surface area contributed by atoms with Crippen LogP contribution in [-0.2, 0) is 0 Å². The molecule has 0 saturated heterocycles. The van der Waals surface area contributed by atoms with Crippen LogP contribution in [0.4, 0.5) is 20.7 Å². The van der Waals surface area contributed by atoms with Gasteiger partial charge in [-0.2, -0.15) is 5.10 Å². The average molecular weight is 363 g/mol. The van der Waals surface area contributed by atoms with Gasteiger partial charge in [0.2, 0.25) is 0 Å². The van der Waals surface area contributed by atoms with Gasteiger partial charge in [0.05, 0.1) is 18.8 Å². The van der Waals surface area contributed by atoms with Crippen LogP contribution in [-0.4, -0.2) is 29.5 Å². The summed E-state index contributed by atoms with van der Waals surface area (Å²) in [6.45, 7) is -0.137. The second-order valence-electron chi connectivity index (χ2n) is 5.26. The summed E-state index contributed by atoms with van der Waals surface area (Å²) in [6, 6.07) is 11.7. The van der Waals surface area contributed by atoms with Gasteiger partial charge in [0.25, 0.3) is 0 Å². The number of nitrogens with one attached hydrogen (secondary N) is 3. The molecule has 2 aromatic carbocycles. The van der Waals surface area contributed by atoms with Crippen molar-refractivity contribution < 1.29 is 13.9 Å². The maximum absolute atomic E-state index is 12.2. The average Bonchev–Trinajstić information content (AvgIpc) is 2.97. The van der Waals surface area contributed by atoms with Crippen molar-refractivity contribution in [2.24, 2.45) is 0 Å². The molecule has 0 atom stereocenters. The van der Waals surface area contributed by atoms with E-state index in [1.807, 2.05) is 0 Å². The summed E-state index contributed by atoms with van der Waals surface area (Å²) in [5, 5.41) is 13.5. The van der Waals surface area contributed by atoms with Crippen molar-refractivity contribution in [3.63, 3.8) is 0 Å². The van der Waals surface area contributed by atoms with E-state index in [4.69, 9.17) is 16.3 Å². The fraction of sp³-hybridized carbons (Fsp3) is 0.176. The normalized spacial score (nSPS) is 10.6. The Bertz CT molecular complexity index is 884. The Labute approximate surface area is 148 Å². The topological polar surface area (TPSA) is 79.0 Å².